The van der Waals surface area contributed by atoms with E-state index < -0.39 is 0 Å². The number of rotatable bonds is 5. The van der Waals surface area contributed by atoms with E-state index in [-0.39, 0.29) is 0 Å². The molecule has 3 unspecified atom stereocenters. The molecule has 0 radical (unpaired) electrons. The van der Waals surface area contributed by atoms with Gasteiger partial charge in [0.05, 0.1) is 0 Å². The van der Waals surface area contributed by atoms with Crippen LogP contribution in [0.25, 0.3) is 0 Å². The predicted octanol–water partition coefficient (Wildman–Crippen LogP) is 3.12. The van der Waals surface area contributed by atoms with E-state index in [1.165, 1.54) is 19.3 Å². The van der Waals surface area contributed by atoms with Gasteiger partial charge >= 0.3 is 0 Å². The van der Waals surface area contributed by atoms with E-state index in [0.29, 0.717) is 12.0 Å². The Morgan fingerprint density at radius 3 is 2.18 bits per heavy atom. The first-order valence-corrected chi connectivity index (χ1v) is 7.39. The van der Waals surface area contributed by atoms with Crippen molar-refractivity contribution in [2.45, 2.75) is 65.5 Å². The van der Waals surface area contributed by atoms with Gasteiger partial charge in [-0.1, -0.05) is 34.1 Å². The molecule has 0 aliphatic heterocycles. The van der Waals surface area contributed by atoms with Crippen molar-refractivity contribution in [3.05, 3.63) is 0 Å². The Morgan fingerprint density at radius 2 is 1.71 bits per heavy atom. The van der Waals surface area contributed by atoms with Crippen LogP contribution in [0.5, 0.6) is 0 Å². The van der Waals surface area contributed by atoms with Gasteiger partial charge in [-0.2, -0.15) is 0 Å². The normalized spacial score (nSPS) is 32.1. The molecule has 17 heavy (non-hydrogen) atoms. The van der Waals surface area contributed by atoms with Gasteiger partial charge in [0.1, 0.15) is 0 Å². The van der Waals surface area contributed by atoms with Gasteiger partial charge < -0.3 is 10.6 Å². The quantitative estimate of drug-likeness (QED) is 0.800. The molecule has 1 rings (SSSR count). The van der Waals surface area contributed by atoms with E-state index in [2.05, 4.69) is 39.6 Å². The van der Waals surface area contributed by atoms with Gasteiger partial charge in [-0.25, -0.2) is 0 Å². The van der Waals surface area contributed by atoms with Crippen LogP contribution in [0.1, 0.15) is 53.4 Å². The Morgan fingerprint density at radius 1 is 1.18 bits per heavy atom. The monoisotopic (exact) mass is 240 g/mol. The number of nitrogens with zero attached hydrogens (tertiary/aromatic N) is 1. The zero-order valence-electron chi connectivity index (χ0n) is 12.4. The third kappa shape index (κ3) is 4.26. The molecule has 0 saturated heterocycles. The smallest absolute Gasteiger partial charge is 0.0143 e. The van der Waals surface area contributed by atoms with E-state index >= 15 is 0 Å². The second kappa shape index (κ2) is 6.75. The van der Waals surface area contributed by atoms with Crippen LogP contribution >= 0.6 is 0 Å². The molecule has 0 amide bonds. The molecule has 0 aromatic carbocycles. The maximum absolute atomic E-state index is 6.14. The molecule has 3 atom stereocenters. The highest BCUT2D eigenvalue weighted by atomic mass is 15.1. The summed E-state index contributed by atoms with van der Waals surface area (Å²) in [5.41, 5.74) is 6.14. The second-order valence-corrected chi connectivity index (χ2v) is 6.55. The SMILES string of the molecule is CC(C)C(N)CCN(C)C1C(C)CCCC1C. The Labute approximate surface area is 108 Å². The molecule has 0 aromatic rings. The largest absolute Gasteiger partial charge is 0.327 e. The van der Waals surface area contributed by atoms with Crippen molar-refractivity contribution in [3.63, 3.8) is 0 Å². The Balaban J connectivity index is 2.42. The van der Waals surface area contributed by atoms with Crippen LogP contribution in [0.4, 0.5) is 0 Å². The fourth-order valence-electron chi connectivity index (χ4n) is 3.37. The first-order valence-electron chi connectivity index (χ1n) is 7.39. The molecule has 0 heterocycles. The predicted molar refractivity (Wildman–Crippen MR) is 76.0 cm³/mol. The lowest BCUT2D eigenvalue weighted by Crippen LogP contribution is -2.45. The minimum Gasteiger partial charge on any atom is -0.327 e. The number of hydrogen-bond acceptors (Lipinski definition) is 2. The standard InChI is InChI=1S/C15H32N2/c1-11(2)14(16)9-10-17(5)15-12(3)7-6-8-13(15)4/h11-15H,6-10,16H2,1-5H3. The molecule has 2 N–H and O–H groups in total. The van der Waals surface area contributed by atoms with Crippen molar-refractivity contribution < 1.29 is 0 Å². The third-order valence-electron chi connectivity index (χ3n) is 4.67. The summed E-state index contributed by atoms with van der Waals surface area (Å²) in [7, 11) is 2.29. The minimum absolute atomic E-state index is 0.353. The molecule has 1 aliphatic rings. The van der Waals surface area contributed by atoms with Crippen LogP contribution < -0.4 is 5.73 Å². The summed E-state index contributed by atoms with van der Waals surface area (Å²) in [5, 5.41) is 0. The Bertz CT molecular complexity index is 205. The van der Waals surface area contributed by atoms with Gasteiger partial charge in [-0.15, -0.1) is 0 Å². The van der Waals surface area contributed by atoms with E-state index in [1.54, 1.807) is 0 Å². The topological polar surface area (TPSA) is 29.3 Å². The molecule has 0 bridgehead atoms. The zero-order valence-corrected chi connectivity index (χ0v) is 12.4. The number of hydrogen-bond donors (Lipinski definition) is 1. The highest BCUT2D eigenvalue weighted by Gasteiger charge is 2.30. The van der Waals surface area contributed by atoms with Crippen molar-refractivity contribution in [1.29, 1.82) is 0 Å². The van der Waals surface area contributed by atoms with E-state index in [0.717, 1.165) is 30.8 Å². The average molecular weight is 240 g/mol. The van der Waals surface area contributed by atoms with E-state index in [9.17, 15) is 0 Å². The molecule has 102 valence electrons. The van der Waals surface area contributed by atoms with Crippen molar-refractivity contribution in [2.24, 2.45) is 23.5 Å². The van der Waals surface area contributed by atoms with Crippen molar-refractivity contribution in [1.82, 2.24) is 4.90 Å². The Kier molecular flexibility index (Phi) is 5.94. The van der Waals surface area contributed by atoms with Crippen LogP contribution in [0.15, 0.2) is 0 Å². The van der Waals surface area contributed by atoms with Gasteiger partial charge in [0.25, 0.3) is 0 Å². The van der Waals surface area contributed by atoms with Gasteiger partial charge in [0.2, 0.25) is 0 Å². The van der Waals surface area contributed by atoms with Crippen LogP contribution in [0.2, 0.25) is 0 Å². The number of nitrogens with two attached hydrogens (primary N) is 1. The highest BCUT2D eigenvalue weighted by molar-refractivity contribution is 4.84. The van der Waals surface area contributed by atoms with E-state index in [4.69, 9.17) is 5.73 Å². The molecule has 1 aliphatic carbocycles. The van der Waals surface area contributed by atoms with Crippen molar-refractivity contribution in [2.75, 3.05) is 13.6 Å². The molecule has 1 saturated carbocycles. The van der Waals surface area contributed by atoms with Crippen LogP contribution in [0.3, 0.4) is 0 Å². The molecule has 2 nitrogen and oxygen atoms in total. The molecule has 0 spiro atoms. The fourth-order valence-corrected chi connectivity index (χ4v) is 3.37. The lowest BCUT2D eigenvalue weighted by atomic mass is 9.78. The zero-order chi connectivity index (χ0) is 13.0. The van der Waals surface area contributed by atoms with Gasteiger partial charge in [0.15, 0.2) is 0 Å². The molecule has 1 fully saturated rings. The lowest BCUT2D eigenvalue weighted by molar-refractivity contribution is 0.0878. The Hall–Kier alpha value is -0.0800. The van der Waals surface area contributed by atoms with Crippen LogP contribution in [-0.2, 0) is 0 Å². The summed E-state index contributed by atoms with van der Waals surface area (Å²) in [5.74, 6) is 2.29. The first-order chi connectivity index (χ1) is 7.93. The summed E-state index contributed by atoms with van der Waals surface area (Å²) >= 11 is 0. The molecular weight excluding hydrogens is 208 g/mol. The van der Waals surface area contributed by atoms with Gasteiger partial charge in [-0.3, -0.25) is 0 Å². The maximum Gasteiger partial charge on any atom is 0.0143 e. The average Bonchev–Trinajstić information content (AvgIpc) is 2.25. The summed E-state index contributed by atoms with van der Waals surface area (Å²) < 4.78 is 0. The van der Waals surface area contributed by atoms with Crippen molar-refractivity contribution >= 4 is 0 Å². The van der Waals surface area contributed by atoms with Crippen LogP contribution in [-0.4, -0.2) is 30.6 Å². The van der Waals surface area contributed by atoms with E-state index in [1.807, 2.05) is 0 Å². The molecular formula is C15H32N2. The summed E-state index contributed by atoms with van der Waals surface area (Å²) in [6.07, 6.45) is 5.34. The minimum atomic E-state index is 0.353. The maximum atomic E-state index is 6.14. The van der Waals surface area contributed by atoms with Crippen molar-refractivity contribution in [3.8, 4) is 0 Å². The summed E-state index contributed by atoms with van der Waals surface area (Å²) in [6.45, 7) is 10.4. The van der Waals surface area contributed by atoms with Gasteiger partial charge in [0, 0.05) is 12.1 Å². The third-order valence-corrected chi connectivity index (χ3v) is 4.67. The lowest BCUT2D eigenvalue weighted by Gasteiger charge is -2.41. The van der Waals surface area contributed by atoms with Gasteiger partial charge in [-0.05, 0) is 50.6 Å². The molecule has 2 heteroatoms. The highest BCUT2D eigenvalue weighted by Crippen LogP contribution is 2.32. The summed E-state index contributed by atoms with van der Waals surface area (Å²) in [4.78, 5) is 2.57. The van der Waals surface area contributed by atoms with Crippen LogP contribution in [0, 0.1) is 17.8 Å². The summed E-state index contributed by atoms with van der Waals surface area (Å²) in [6, 6.07) is 1.12. The molecule has 0 aromatic heterocycles. The fraction of sp³-hybridized carbons (Fsp3) is 1.00. The second-order valence-electron chi connectivity index (χ2n) is 6.55. The first kappa shape index (κ1) is 15.0.